The Bertz CT molecular complexity index is 577. The minimum Gasteiger partial charge on any atom is -0.334 e. The summed E-state index contributed by atoms with van der Waals surface area (Å²) < 4.78 is 5.46. The van der Waals surface area contributed by atoms with Gasteiger partial charge in [0.2, 0.25) is 0 Å². The van der Waals surface area contributed by atoms with Crippen molar-refractivity contribution in [3.05, 3.63) is 35.2 Å². The molecule has 19 heavy (non-hydrogen) atoms. The van der Waals surface area contributed by atoms with E-state index in [9.17, 15) is 0 Å². The van der Waals surface area contributed by atoms with E-state index in [0.717, 1.165) is 37.3 Å². The van der Waals surface area contributed by atoms with Crippen molar-refractivity contribution in [3.63, 3.8) is 0 Å². The van der Waals surface area contributed by atoms with E-state index in [2.05, 4.69) is 47.5 Å². The molecule has 0 saturated carbocycles. The predicted octanol–water partition coefficient (Wildman–Crippen LogP) is 2.90. The highest BCUT2D eigenvalue weighted by Gasteiger charge is 2.19. The molecule has 0 radical (unpaired) electrons. The van der Waals surface area contributed by atoms with Gasteiger partial charge in [0.05, 0.1) is 0 Å². The highest BCUT2D eigenvalue weighted by Crippen LogP contribution is 2.28. The van der Waals surface area contributed by atoms with Gasteiger partial charge in [-0.2, -0.15) is 4.98 Å². The third-order valence-electron chi connectivity index (χ3n) is 3.87. The smallest absolute Gasteiger partial charge is 0.258 e. The first kappa shape index (κ1) is 12.4. The standard InChI is InChI=1S/C15H19N3O/c1-3-10(2)14-17-15(19-18-14)13-6-4-5-11-9-16-8-7-12(11)13/h4-6,10,16H,3,7-9H2,1-2H3. The summed E-state index contributed by atoms with van der Waals surface area (Å²) in [4.78, 5) is 4.56. The van der Waals surface area contributed by atoms with Crippen molar-refractivity contribution in [1.82, 2.24) is 15.5 Å². The van der Waals surface area contributed by atoms with Crippen LogP contribution in [0.2, 0.25) is 0 Å². The molecule has 1 aliphatic rings. The second-order valence-electron chi connectivity index (χ2n) is 5.14. The molecule has 1 unspecified atom stereocenters. The summed E-state index contributed by atoms with van der Waals surface area (Å²) in [7, 11) is 0. The molecule has 1 aromatic carbocycles. The van der Waals surface area contributed by atoms with Crippen molar-refractivity contribution in [1.29, 1.82) is 0 Å². The third-order valence-corrected chi connectivity index (χ3v) is 3.87. The first-order valence-electron chi connectivity index (χ1n) is 6.95. The van der Waals surface area contributed by atoms with E-state index >= 15 is 0 Å². The lowest BCUT2D eigenvalue weighted by Crippen LogP contribution is -2.24. The minimum atomic E-state index is 0.346. The first-order chi connectivity index (χ1) is 9.29. The fraction of sp³-hybridized carbons (Fsp3) is 0.467. The molecule has 3 rings (SSSR count). The second kappa shape index (κ2) is 5.13. The highest BCUT2D eigenvalue weighted by atomic mass is 16.5. The Labute approximate surface area is 113 Å². The van der Waals surface area contributed by atoms with Crippen LogP contribution in [0.4, 0.5) is 0 Å². The van der Waals surface area contributed by atoms with E-state index in [0.29, 0.717) is 11.8 Å². The molecule has 4 heteroatoms. The lowest BCUT2D eigenvalue weighted by Gasteiger charge is -2.18. The number of aromatic nitrogens is 2. The molecule has 1 N–H and O–H groups in total. The lowest BCUT2D eigenvalue weighted by atomic mass is 9.95. The van der Waals surface area contributed by atoms with Crippen molar-refractivity contribution in [2.24, 2.45) is 0 Å². The van der Waals surface area contributed by atoms with E-state index in [-0.39, 0.29) is 0 Å². The molecular weight excluding hydrogens is 238 g/mol. The average Bonchev–Trinajstić information content (AvgIpc) is 2.95. The quantitative estimate of drug-likeness (QED) is 0.918. The van der Waals surface area contributed by atoms with Gasteiger partial charge in [0.15, 0.2) is 5.82 Å². The second-order valence-corrected chi connectivity index (χ2v) is 5.14. The molecule has 1 aliphatic heterocycles. The topological polar surface area (TPSA) is 51.0 Å². The van der Waals surface area contributed by atoms with E-state index in [1.807, 2.05) is 0 Å². The normalized spacial score (nSPS) is 16.1. The molecule has 100 valence electrons. The summed E-state index contributed by atoms with van der Waals surface area (Å²) >= 11 is 0. The Hall–Kier alpha value is -1.68. The van der Waals surface area contributed by atoms with Crippen LogP contribution in [0.25, 0.3) is 11.5 Å². The van der Waals surface area contributed by atoms with Gasteiger partial charge in [-0.25, -0.2) is 0 Å². The van der Waals surface area contributed by atoms with Crippen molar-refractivity contribution < 1.29 is 4.52 Å². The molecular formula is C15H19N3O. The Kier molecular flexibility index (Phi) is 3.34. The Morgan fingerprint density at radius 3 is 3.16 bits per heavy atom. The Morgan fingerprint density at radius 2 is 2.32 bits per heavy atom. The van der Waals surface area contributed by atoms with Gasteiger partial charge in [0.1, 0.15) is 0 Å². The third kappa shape index (κ3) is 2.28. The van der Waals surface area contributed by atoms with Gasteiger partial charge >= 0.3 is 0 Å². The van der Waals surface area contributed by atoms with E-state index in [4.69, 9.17) is 4.52 Å². The van der Waals surface area contributed by atoms with Crippen molar-refractivity contribution in [2.75, 3.05) is 6.54 Å². The van der Waals surface area contributed by atoms with Crippen LogP contribution in [0, 0.1) is 0 Å². The number of benzene rings is 1. The number of hydrogen-bond donors (Lipinski definition) is 1. The minimum absolute atomic E-state index is 0.346. The van der Waals surface area contributed by atoms with Crippen LogP contribution in [-0.4, -0.2) is 16.7 Å². The number of hydrogen-bond acceptors (Lipinski definition) is 4. The zero-order valence-corrected chi connectivity index (χ0v) is 11.4. The maximum absolute atomic E-state index is 5.46. The summed E-state index contributed by atoms with van der Waals surface area (Å²) in [6.45, 7) is 6.20. The van der Waals surface area contributed by atoms with Gasteiger partial charge in [-0.05, 0) is 36.6 Å². The predicted molar refractivity (Wildman–Crippen MR) is 73.9 cm³/mol. The first-order valence-corrected chi connectivity index (χ1v) is 6.95. The molecule has 1 aromatic heterocycles. The maximum Gasteiger partial charge on any atom is 0.258 e. The molecule has 1 atom stereocenters. The summed E-state index contributed by atoms with van der Waals surface area (Å²) in [6, 6.07) is 6.31. The van der Waals surface area contributed by atoms with E-state index < -0.39 is 0 Å². The molecule has 0 fully saturated rings. The van der Waals surface area contributed by atoms with Crippen LogP contribution in [0.1, 0.15) is 43.1 Å². The SMILES string of the molecule is CCC(C)c1noc(-c2cccc3c2CCNC3)n1. The molecule has 0 spiro atoms. The molecule has 2 aromatic rings. The number of fused-ring (bicyclic) bond motifs is 1. The van der Waals surface area contributed by atoms with Gasteiger partial charge in [-0.3, -0.25) is 0 Å². The fourth-order valence-corrected chi connectivity index (χ4v) is 2.46. The largest absolute Gasteiger partial charge is 0.334 e. The van der Waals surface area contributed by atoms with Gasteiger partial charge < -0.3 is 9.84 Å². The van der Waals surface area contributed by atoms with Gasteiger partial charge in [0.25, 0.3) is 5.89 Å². The van der Waals surface area contributed by atoms with Gasteiger partial charge in [-0.15, -0.1) is 0 Å². The zero-order chi connectivity index (χ0) is 13.2. The van der Waals surface area contributed by atoms with Crippen molar-refractivity contribution >= 4 is 0 Å². The average molecular weight is 257 g/mol. The fourth-order valence-electron chi connectivity index (χ4n) is 2.46. The number of nitrogens with one attached hydrogen (secondary N) is 1. The van der Waals surface area contributed by atoms with Gasteiger partial charge in [0, 0.05) is 18.0 Å². The number of nitrogens with zero attached hydrogens (tertiary/aromatic N) is 2. The summed E-state index contributed by atoms with van der Waals surface area (Å²) in [5.74, 6) is 1.82. The summed E-state index contributed by atoms with van der Waals surface area (Å²) in [5.41, 5.74) is 3.79. The van der Waals surface area contributed by atoms with Crippen LogP contribution in [0.5, 0.6) is 0 Å². The van der Waals surface area contributed by atoms with Crippen LogP contribution < -0.4 is 5.32 Å². The van der Waals surface area contributed by atoms with Crippen LogP contribution in [0.3, 0.4) is 0 Å². The van der Waals surface area contributed by atoms with Crippen LogP contribution in [-0.2, 0) is 13.0 Å². The Morgan fingerprint density at radius 1 is 1.42 bits per heavy atom. The summed E-state index contributed by atoms with van der Waals surface area (Å²) in [5, 5.41) is 7.50. The lowest BCUT2D eigenvalue weighted by molar-refractivity contribution is 0.416. The Balaban J connectivity index is 2.00. The summed E-state index contributed by atoms with van der Waals surface area (Å²) in [6.07, 6.45) is 2.04. The van der Waals surface area contributed by atoms with Crippen LogP contribution >= 0.6 is 0 Å². The van der Waals surface area contributed by atoms with Crippen molar-refractivity contribution in [2.45, 2.75) is 39.2 Å². The molecule has 4 nitrogen and oxygen atoms in total. The van der Waals surface area contributed by atoms with Gasteiger partial charge in [-0.1, -0.05) is 31.1 Å². The molecule has 0 aliphatic carbocycles. The number of rotatable bonds is 3. The van der Waals surface area contributed by atoms with E-state index in [1.165, 1.54) is 11.1 Å². The van der Waals surface area contributed by atoms with E-state index in [1.54, 1.807) is 0 Å². The highest BCUT2D eigenvalue weighted by molar-refractivity contribution is 5.61. The van der Waals surface area contributed by atoms with Crippen LogP contribution in [0.15, 0.2) is 22.7 Å². The molecule has 0 amide bonds. The molecule has 2 heterocycles. The zero-order valence-electron chi connectivity index (χ0n) is 11.4. The molecule has 0 saturated heterocycles. The maximum atomic E-state index is 5.46. The monoisotopic (exact) mass is 257 g/mol. The van der Waals surface area contributed by atoms with Crippen molar-refractivity contribution in [3.8, 4) is 11.5 Å². The molecule has 0 bridgehead atoms.